The van der Waals surface area contributed by atoms with Gasteiger partial charge in [0.25, 0.3) is 5.91 Å². The zero-order valence-electron chi connectivity index (χ0n) is 16.0. The number of nitrogens with zero attached hydrogens (tertiary/aromatic N) is 3. The molecule has 0 unspecified atom stereocenters. The van der Waals surface area contributed by atoms with E-state index in [-0.39, 0.29) is 5.91 Å². The van der Waals surface area contributed by atoms with E-state index in [1.807, 2.05) is 45.0 Å². The summed E-state index contributed by atoms with van der Waals surface area (Å²) in [6.45, 7) is 7.97. The Morgan fingerprint density at radius 2 is 1.81 bits per heavy atom. The van der Waals surface area contributed by atoms with Gasteiger partial charge in [-0.3, -0.25) is 4.79 Å². The van der Waals surface area contributed by atoms with Gasteiger partial charge in [0, 0.05) is 18.8 Å². The topological polar surface area (TPSA) is 58.1 Å². The van der Waals surface area contributed by atoms with Gasteiger partial charge in [0.15, 0.2) is 0 Å². The highest BCUT2D eigenvalue weighted by atomic mass is 32.1. The number of carbonyl (C=O) groups excluding carboxylic acids is 1. The highest BCUT2D eigenvalue weighted by Gasteiger charge is 2.23. The summed E-state index contributed by atoms with van der Waals surface area (Å²) in [7, 11) is 0. The van der Waals surface area contributed by atoms with E-state index in [1.165, 1.54) is 30.6 Å². The van der Waals surface area contributed by atoms with Gasteiger partial charge in [-0.1, -0.05) is 18.2 Å². The van der Waals surface area contributed by atoms with Crippen molar-refractivity contribution in [2.75, 3.05) is 23.3 Å². The van der Waals surface area contributed by atoms with E-state index in [1.54, 1.807) is 0 Å². The number of nitrogens with one attached hydrogen (secondary N) is 1. The van der Waals surface area contributed by atoms with E-state index in [0.717, 1.165) is 51.8 Å². The van der Waals surface area contributed by atoms with Crippen LogP contribution in [0.5, 0.6) is 0 Å². The van der Waals surface area contributed by atoms with Crippen molar-refractivity contribution in [3.05, 3.63) is 46.1 Å². The number of hydrogen-bond donors (Lipinski definition) is 1. The van der Waals surface area contributed by atoms with Crippen molar-refractivity contribution in [2.24, 2.45) is 0 Å². The Kier molecular flexibility index (Phi) is 4.83. The van der Waals surface area contributed by atoms with Crippen molar-refractivity contribution in [2.45, 2.75) is 40.0 Å². The molecule has 0 spiro atoms. The number of aromatic nitrogens is 2. The molecule has 1 saturated heterocycles. The second-order valence-corrected chi connectivity index (χ2v) is 8.15. The average Bonchev–Trinajstić information content (AvgIpc) is 3.00. The van der Waals surface area contributed by atoms with Crippen LogP contribution in [0.1, 0.15) is 45.9 Å². The molecule has 0 atom stereocenters. The summed E-state index contributed by atoms with van der Waals surface area (Å²) in [5, 5.41) is 4.08. The zero-order chi connectivity index (χ0) is 19.0. The van der Waals surface area contributed by atoms with E-state index in [4.69, 9.17) is 4.98 Å². The molecule has 1 fully saturated rings. The standard InChI is InChI=1S/C21H24N4OS/c1-13-9-5-6-10-16(13)24-20(26)18-14(2)17-19(25-11-7-4-8-12-25)22-15(3)23-21(17)27-18/h5-6,9-10H,4,7-8,11-12H2,1-3H3,(H,24,26). The normalized spacial score (nSPS) is 14.6. The molecule has 140 valence electrons. The molecule has 1 aliphatic rings. The van der Waals surface area contributed by atoms with Crippen LogP contribution in [0.15, 0.2) is 24.3 Å². The Balaban J connectivity index is 1.75. The molecule has 5 nitrogen and oxygen atoms in total. The summed E-state index contributed by atoms with van der Waals surface area (Å²) < 4.78 is 0. The fourth-order valence-electron chi connectivity index (χ4n) is 3.66. The van der Waals surface area contributed by atoms with Crippen LogP contribution in [0.25, 0.3) is 10.2 Å². The predicted molar refractivity (Wildman–Crippen MR) is 112 cm³/mol. The summed E-state index contributed by atoms with van der Waals surface area (Å²) in [5.41, 5.74) is 2.87. The first-order chi connectivity index (χ1) is 13.0. The Hall–Kier alpha value is -2.47. The van der Waals surface area contributed by atoms with Crippen LogP contribution in [0, 0.1) is 20.8 Å². The van der Waals surface area contributed by atoms with Crippen molar-refractivity contribution in [3.63, 3.8) is 0 Å². The van der Waals surface area contributed by atoms with Crippen LogP contribution in [0.3, 0.4) is 0 Å². The number of benzene rings is 1. The summed E-state index contributed by atoms with van der Waals surface area (Å²) in [4.78, 5) is 26.3. The minimum atomic E-state index is -0.0768. The molecule has 2 aromatic heterocycles. The Labute approximate surface area is 163 Å². The molecule has 0 radical (unpaired) electrons. The number of thiophene rings is 1. The van der Waals surface area contributed by atoms with Crippen LogP contribution in [0.4, 0.5) is 11.5 Å². The Bertz CT molecular complexity index is 1000. The van der Waals surface area contributed by atoms with Gasteiger partial charge in [0.05, 0.1) is 10.3 Å². The lowest BCUT2D eigenvalue weighted by molar-refractivity contribution is 0.103. The van der Waals surface area contributed by atoms with E-state index >= 15 is 0 Å². The number of fused-ring (bicyclic) bond motifs is 1. The fourth-order valence-corrected chi connectivity index (χ4v) is 4.78. The lowest BCUT2D eigenvalue weighted by atomic mass is 10.1. The number of aryl methyl sites for hydroxylation is 3. The van der Waals surface area contributed by atoms with Gasteiger partial charge < -0.3 is 10.2 Å². The van der Waals surface area contributed by atoms with Crippen LogP contribution >= 0.6 is 11.3 Å². The molecular formula is C21H24N4OS. The monoisotopic (exact) mass is 380 g/mol. The van der Waals surface area contributed by atoms with E-state index < -0.39 is 0 Å². The summed E-state index contributed by atoms with van der Waals surface area (Å²) >= 11 is 1.46. The first-order valence-electron chi connectivity index (χ1n) is 9.44. The van der Waals surface area contributed by atoms with Gasteiger partial charge in [-0.25, -0.2) is 9.97 Å². The number of anilines is 2. The highest BCUT2D eigenvalue weighted by molar-refractivity contribution is 7.20. The smallest absolute Gasteiger partial charge is 0.266 e. The van der Waals surface area contributed by atoms with Crippen molar-refractivity contribution in [1.29, 1.82) is 0 Å². The maximum absolute atomic E-state index is 13.0. The van der Waals surface area contributed by atoms with Gasteiger partial charge in [-0.05, 0) is 57.2 Å². The summed E-state index contributed by atoms with van der Waals surface area (Å²) in [6, 6.07) is 7.83. The van der Waals surface area contributed by atoms with Crippen molar-refractivity contribution in [1.82, 2.24) is 9.97 Å². The third-order valence-electron chi connectivity index (χ3n) is 5.14. The van der Waals surface area contributed by atoms with Crippen LogP contribution in [0.2, 0.25) is 0 Å². The SMILES string of the molecule is Cc1nc(N2CCCCC2)c2c(C)c(C(=O)Nc3ccccc3C)sc2n1. The third kappa shape index (κ3) is 3.41. The molecule has 0 aliphatic carbocycles. The Morgan fingerprint density at radius 1 is 1.07 bits per heavy atom. The van der Waals surface area contributed by atoms with Crippen LogP contribution in [-0.4, -0.2) is 29.0 Å². The summed E-state index contributed by atoms with van der Waals surface area (Å²) in [6.07, 6.45) is 3.65. The molecule has 0 saturated carbocycles. The molecule has 3 heterocycles. The van der Waals surface area contributed by atoms with Crippen molar-refractivity contribution >= 4 is 39.0 Å². The lowest BCUT2D eigenvalue weighted by Gasteiger charge is -2.28. The minimum absolute atomic E-state index is 0.0768. The summed E-state index contributed by atoms with van der Waals surface area (Å²) in [5.74, 6) is 1.67. The second kappa shape index (κ2) is 7.27. The van der Waals surface area contributed by atoms with Gasteiger partial charge in [0.2, 0.25) is 0 Å². The lowest BCUT2D eigenvalue weighted by Crippen LogP contribution is -2.30. The number of amides is 1. The molecule has 6 heteroatoms. The molecule has 1 aliphatic heterocycles. The predicted octanol–water partition coefficient (Wildman–Crippen LogP) is 4.86. The molecule has 0 bridgehead atoms. The second-order valence-electron chi connectivity index (χ2n) is 7.15. The van der Waals surface area contributed by atoms with Crippen molar-refractivity contribution < 1.29 is 4.79 Å². The number of piperidine rings is 1. The number of rotatable bonds is 3. The van der Waals surface area contributed by atoms with Gasteiger partial charge in [-0.15, -0.1) is 11.3 Å². The van der Waals surface area contributed by atoms with Crippen molar-refractivity contribution in [3.8, 4) is 0 Å². The van der Waals surface area contributed by atoms with E-state index in [9.17, 15) is 4.79 Å². The minimum Gasteiger partial charge on any atom is -0.356 e. The van der Waals surface area contributed by atoms with Gasteiger partial charge in [-0.2, -0.15) is 0 Å². The van der Waals surface area contributed by atoms with Gasteiger partial charge in [0.1, 0.15) is 16.5 Å². The molecular weight excluding hydrogens is 356 g/mol. The van der Waals surface area contributed by atoms with E-state index in [2.05, 4.69) is 15.2 Å². The highest BCUT2D eigenvalue weighted by Crippen LogP contribution is 2.36. The zero-order valence-corrected chi connectivity index (χ0v) is 16.8. The largest absolute Gasteiger partial charge is 0.356 e. The number of para-hydroxylation sites is 1. The molecule has 1 N–H and O–H groups in total. The van der Waals surface area contributed by atoms with Crippen LogP contribution < -0.4 is 10.2 Å². The molecule has 1 aromatic carbocycles. The van der Waals surface area contributed by atoms with Crippen LogP contribution in [-0.2, 0) is 0 Å². The third-order valence-corrected chi connectivity index (χ3v) is 6.32. The molecule has 1 amide bonds. The first kappa shape index (κ1) is 17.9. The Morgan fingerprint density at radius 3 is 2.56 bits per heavy atom. The fraction of sp³-hybridized carbons (Fsp3) is 0.381. The molecule has 3 aromatic rings. The molecule has 27 heavy (non-hydrogen) atoms. The number of carbonyl (C=O) groups is 1. The first-order valence-corrected chi connectivity index (χ1v) is 10.3. The van der Waals surface area contributed by atoms with Gasteiger partial charge >= 0.3 is 0 Å². The maximum atomic E-state index is 13.0. The maximum Gasteiger partial charge on any atom is 0.266 e. The number of hydrogen-bond acceptors (Lipinski definition) is 5. The quantitative estimate of drug-likeness (QED) is 0.705. The average molecular weight is 381 g/mol. The van der Waals surface area contributed by atoms with E-state index in [0.29, 0.717) is 4.88 Å². The molecule has 4 rings (SSSR count).